The molecule has 0 amide bonds. The summed E-state index contributed by atoms with van der Waals surface area (Å²) < 4.78 is 31.8. The summed E-state index contributed by atoms with van der Waals surface area (Å²) >= 11 is 0. The SMILES string of the molecule is C=C(C)C(=O)OC1CC2CCC1C2.C=C(C)C(=O)OC1CCCCC1.C=CC(=O)OC1CC2CCC1C2.C=CC(=O)OC1CCCCC1.C=CC(=O)OCCOC1CC2CC1C1CCCC21. The van der Waals surface area contributed by atoms with Gasteiger partial charge in [-0.3, -0.25) is 0 Å². The van der Waals surface area contributed by atoms with E-state index in [1.807, 2.05) is 0 Å². The summed E-state index contributed by atoms with van der Waals surface area (Å²) in [7, 11) is 0. The molecule has 0 spiro atoms. The average molecular weight is 919 g/mol. The number of rotatable bonds is 13. The Kier molecular flexibility index (Phi) is 21.8. The largest absolute Gasteiger partial charge is 0.460 e. The molecule has 0 aromatic heterocycles. The van der Waals surface area contributed by atoms with Crippen LogP contribution in [0.3, 0.4) is 0 Å². The summed E-state index contributed by atoms with van der Waals surface area (Å²) in [6.45, 7) is 21.5. The number of ether oxygens (including phenoxy) is 6. The Balaban J connectivity index is 0.000000157. The van der Waals surface area contributed by atoms with Crippen molar-refractivity contribution < 1.29 is 52.4 Å². The van der Waals surface area contributed by atoms with Crippen LogP contribution in [0.25, 0.3) is 0 Å². The minimum absolute atomic E-state index is 0.156. The molecule has 0 aromatic carbocycles. The fraction of sp³-hybridized carbons (Fsp3) is 0.727. The van der Waals surface area contributed by atoms with Crippen LogP contribution in [0.15, 0.2) is 62.3 Å². The molecule has 11 nitrogen and oxygen atoms in total. The lowest BCUT2D eigenvalue weighted by Crippen LogP contribution is -2.31. The Hall–Kier alpha value is -3.99. The molecule has 0 N–H and O–H groups in total. The number of esters is 5. The summed E-state index contributed by atoms with van der Waals surface area (Å²) in [5.41, 5.74) is 1.02. The van der Waals surface area contributed by atoms with Gasteiger partial charge in [-0.1, -0.05) is 52.2 Å². The molecule has 0 saturated heterocycles. The predicted molar refractivity (Wildman–Crippen MR) is 255 cm³/mol. The highest BCUT2D eigenvalue weighted by molar-refractivity contribution is 5.87. The third-order valence-electron chi connectivity index (χ3n) is 15.8. The van der Waals surface area contributed by atoms with Crippen LogP contribution in [0, 0.1) is 47.3 Å². The average Bonchev–Trinajstić information content (AvgIpc) is 4.20. The van der Waals surface area contributed by atoms with Crippen LogP contribution in [0.4, 0.5) is 0 Å². The van der Waals surface area contributed by atoms with Gasteiger partial charge in [0.15, 0.2) is 0 Å². The number of carbonyl (C=O) groups is 5. The van der Waals surface area contributed by atoms with Crippen LogP contribution < -0.4 is 0 Å². The fourth-order valence-electron chi connectivity index (χ4n) is 12.5. The second kappa shape index (κ2) is 27.1. The van der Waals surface area contributed by atoms with Gasteiger partial charge in [-0.05, 0) is 190 Å². The Morgan fingerprint density at radius 1 is 0.439 bits per heavy atom. The van der Waals surface area contributed by atoms with E-state index in [0.29, 0.717) is 42.3 Å². The van der Waals surface area contributed by atoms with Gasteiger partial charge in [0.25, 0.3) is 0 Å². The van der Waals surface area contributed by atoms with Crippen molar-refractivity contribution in [3.05, 3.63) is 62.3 Å². The van der Waals surface area contributed by atoms with Crippen molar-refractivity contribution in [2.24, 2.45) is 47.3 Å². The van der Waals surface area contributed by atoms with Gasteiger partial charge in [-0.15, -0.1) is 0 Å². The molecule has 9 saturated carbocycles. The first-order chi connectivity index (χ1) is 31.8. The molecule has 9 aliphatic carbocycles. The molecular weight excluding hydrogens is 837 g/mol. The standard InChI is InChI=1S/C15H22O3.C11H16O2.C10H14O2.C10H16O2.C9H14O2/c1-2-15(16)18-7-6-17-14-9-10-8-13(14)12-5-3-4-11(10)12;1-7(2)11(12)13-10-6-8-3-4-9(10)5-8;1-2-10(11)12-9-6-7-3-4-8(9)5-7;1-8(2)10(11)12-9-6-4-3-5-7-9;1-2-9(10)11-8-6-4-3-5-7-8/h2,10-14H,1,3-9H2;8-10H,1,3-6H2,2H3;2,7-9H,1,3-6H2;9H,1,3-7H2,2H3;2,8H,1,3-7H2. The van der Waals surface area contributed by atoms with E-state index in [-0.39, 0.29) is 54.3 Å². The highest BCUT2D eigenvalue weighted by Gasteiger charge is 2.54. The van der Waals surface area contributed by atoms with Crippen molar-refractivity contribution in [2.75, 3.05) is 13.2 Å². The lowest BCUT2D eigenvalue weighted by molar-refractivity contribution is -0.147. The van der Waals surface area contributed by atoms with Gasteiger partial charge >= 0.3 is 29.8 Å². The minimum Gasteiger partial charge on any atom is -0.460 e. The number of carbonyl (C=O) groups excluding carboxylic acids is 5. The molecule has 0 aliphatic heterocycles. The Morgan fingerprint density at radius 2 is 0.939 bits per heavy atom. The van der Waals surface area contributed by atoms with Gasteiger partial charge in [0, 0.05) is 29.4 Å². The molecule has 9 aliphatic rings. The topological polar surface area (TPSA) is 141 Å². The van der Waals surface area contributed by atoms with E-state index in [1.54, 1.807) is 13.8 Å². The van der Waals surface area contributed by atoms with Gasteiger partial charge in [-0.25, -0.2) is 24.0 Å². The van der Waals surface area contributed by atoms with E-state index in [0.717, 1.165) is 74.0 Å². The normalized spacial score (nSPS) is 31.8. The summed E-state index contributed by atoms with van der Waals surface area (Å²) in [6.07, 6.45) is 33.1. The minimum atomic E-state index is -0.359. The summed E-state index contributed by atoms with van der Waals surface area (Å²) in [4.78, 5) is 54.9. The zero-order valence-electron chi connectivity index (χ0n) is 40.4. The van der Waals surface area contributed by atoms with Gasteiger partial charge in [-0.2, -0.15) is 0 Å². The van der Waals surface area contributed by atoms with Crippen molar-refractivity contribution in [1.29, 1.82) is 0 Å². The Labute approximate surface area is 395 Å². The van der Waals surface area contributed by atoms with E-state index in [2.05, 4.69) is 32.9 Å². The maximum absolute atomic E-state index is 11.3. The third kappa shape index (κ3) is 16.4. The molecular formula is C55H82O11. The molecule has 9 rings (SSSR count). The Morgan fingerprint density at radius 3 is 1.44 bits per heavy atom. The lowest BCUT2D eigenvalue weighted by atomic mass is 9.80. The molecule has 0 aromatic rings. The van der Waals surface area contributed by atoms with Crippen LogP contribution in [-0.4, -0.2) is 73.6 Å². The maximum atomic E-state index is 11.3. The maximum Gasteiger partial charge on any atom is 0.333 e. The lowest BCUT2D eigenvalue weighted by Gasteiger charge is -2.31. The van der Waals surface area contributed by atoms with Crippen molar-refractivity contribution >= 4 is 29.8 Å². The van der Waals surface area contributed by atoms with E-state index >= 15 is 0 Å². The molecule has 0 radical (unpaired) electrons. The molecule has 368 valence electrons. The Bertz CT molecular complexity index is 1670. The van der Waals surface area contributed by atoms with Crippen molar-refractivity contribution in [2.45, 2.75) is 192 Å². The van der Waals surface area contributed by atoms with Gasteiger partial charge in [0.1, 0.15) is 31.0 Å². The van der Waals surface area contributed by atoms with Gasteiger partial charge in [0.2, 0.25) is 0 Å². The van der Waals surface area contributed by atoms with Crippen molar-refractivity contribution in [3.8, 4) is 0 Å². The van der Waals surface area contributed by atoms with Crippen LogP contribution in [0.5, 0.6) is 0 Å². The third-order valence-corrected chi connectivity index (χ3v) is 15.8. The summed E-state index contributed by atoms with van der Waals surface area (Å²) in [5.74, 6) is 5.27. The van der Waals surface area contributed by atoms with Gasteiger partial charge in [0.05, 0.1) is 12.7 Å². The van der Waals surface area contributed by atoms with Crippen molar-refractivity contribution in [3.63, 3.8) is 0 Å². The predicted octanol–water partition coefficient (Wildman–Crippen LogP) is 11.2. The van der Waals surface area contributed by atoms with E-state index < -0.39 is 0 Å². The van der Waals surface area contributed by atoms with Crippen LogP contribution in [-0.2, 0) is 52.4 Å². The second-order valence-corrected chi connectivity index (χ2v) is 20.5. The highest BCUT2D eigenvalue weighted by atomic mass is 16.6. The quantitative estimate of drug-likeness (QED) is 0.0754. The van der Waals surface area contributed by atoms with Crippen LogP contribution in [0.1, 0.15) is 162 Å². The molecule has 66 heavy (non-hydrogen) atoms. The monoisotopic (exact) mass is 919 g/mol. The first kappa shape index (κ1) is 53.0. The molecule has 11 heteroatoms. The molecule has 11 unspecified atom stereocenters. The second-order valence-electron chi connectivity index (χ2n) is 20.5. The first-order valence-electron chi connectivity index (χ1n) is 25.6. The number of fused-ring (bicyclic) bond motifs is 9. The summed E-state index contributed by atoms with van der Waals surface area (Å²) in [6, 6.07) is 0. The summed E-state index contributed by atoms with van der Waals surface area (Å²) in [5, 5.41) is 0. The molecule has 0 heterocycles. The van der Waals surface area contributed by atoms with Crippen LogP contribution >= 0.6 is 0 Å². The molecule has 6 bridgehead atoms. The van der Waals surface area contributed by atoms with Crippen molar-refractivity contribution in [1.82, 2.24) is 0 Å². The van der Waals surface area contributed by atoms with E-state index in [9.17, 15) is 24.0 Å². The first-order valence-corrected chi connectivity index (χ1v) is 25.6. The van der Waals surface area contributed by atoms with E-state index in [1.165, 1.54) is 127 Å². The van der Waals surface area contributed by atoms with Crippen LogP contribution in [0.2, 0.25) is 0 Å². The smallest absolute Gasteiger partial charge is 0.333 e. The fourth-order valence-corrected chi connectivity index (χ4v) is 12.5. The van der Waals surface area contributed by atoms with E-state index in [4.69, 9.17) is 28.4 Å². The number of hydrogen-bond acceptors (Lipinski definition) is 11. The highest BCUT2D eigenvalue weighted by Crippen LogP contribution is 2.59. The molecule has 9 fully saturated rings. The molecule has 11 atom stereocenters. The van der Waals surface area contributed by atoms with Gasteiger partial charge < -0.3 is 28.4 Å². The number of hydrogen-bond donors (Lipinski definition) is 0. The zero-order chi connectivity index (χ0) is 47.6. The zero-order valence-corrected chi connectivity index (χ0v) is 40.4.